The minimum Gasteiger partial charge on any atom is -0.484 e. The number of imide groups is 2. The Morgan fingerprint density at radius 2 is 1.64 bits per heavy atom. The number of anilines is 2. The van der Waals surface area contributed by atoms with Crippen molar-refractivity contribution < 1.29 is 28.8 Å². The summed E-state index contributed by atoms with van der Waals surface area (Å²) in [6.07, 6.45) is 1.30. The number of carbonyl (C=O) groups excluding carboxylic acids is 4. The molecule has 0 spiro atoms. The maximum Gasteiger partial charge on any atom is 0.335 e. The molecule has 0 bridgehead atoms. The second-order valence-electron chi connectivity index (χ2n) is 7.50. The number of urea groups is 1. The number of nitrogens with zero attached hydrogens (tertiary/aromatic N) is 2. The molecule has 0 radical (unpaired) electrons. The van der Waals surface area contributed by atoms with Crippen LogP contribution in [-0.4, -0.2) is 35.3 Å². The van der Waals surface area contributed by atoms with E-state index < -0.39 is 22.8 Å². The van der Waals surface area contributed by atoms with Crippen LogP contribution in [0.15, 0.2) is 84.4 Å². The summed E-state index contributed by atoms with van der Waals surface area (Å²) in [5.74, 6) is -1.70. The van der Waals surface area contributed by atoms with Crippen LogP contribution in [0.25, 0.3) is 6.08 Å². The number of ether oxygens (including phenoxy) is 1. The zero-order valence-corrected chi connectivity index (χ0v) is 18.5. The molecule has 0 atom stereocenters. The van der Waals surface area contributed by atoms with E-state index in [4.69, 9.17) is 4.74 Å². The van der Waals surface area contributed by atoms with Crippen LogP contribution in [-0.2, 0) is 14.4 Å². The Morgan fingerprint density at radius 3 is 2.28 bits per heavy atom. The van der Waals surface area contributed by atoms with E-state index in [9.17, 15) is 29.3 Å². The number of hydrogen-bond acceptors (Lipinski definition) is 7. The van der Waals surface area contributed by atoms with E-state index in [1.165, 1.54) is 18.2 Å². The van der Waals surface area contributed by atoms with Gasteiger partial charge in [-0.25, -0.2) is 9.69 Å². The molecule has 1 heterocycles. The van der Waals surface area contributed by atoms with Gasteiger partial charge in [-0.05, 0) is 48.0 Å². The first-order valence-electron chi connectivity index (χ1n) is 10.6. The van der Waals surface area contributed by atoms with E-state index in [0.29, 0.717) is 17.0 Å². The van der Waals surface area contributed by atoms with Crippen molar-refractivity contribution >= 4 is 46.9 Å². The van der Waals surface area contributed by atoms with Crippen molar-refractivity contribution in [1.82, 2.24) is 5.32 Å². The minimum atomic E-state index is -0.964. The third kappa shape index (κ3) is 5.42. The van der Waals surface area contributed by atoms with Crippen LogP contribution in [0.2, 0.25) is 0 Å². The molecule has 11 heteroatoms. The first kappa shape index (κ1) is 23.8. The molecule has 36 heavy (non-hydrogen) atoms. The molecule has 0 saturated carbocycles. The summed E-state index contributed by atoms with van der Waals surface area (Å²) in [6, 6.07) is 19.0. The molecule has 2 N–H and O–H groups in total. The Kier molecular flexibility index (Phi) is 6.82. The maximum atomic E-state index is 12.9. The number of barbiturate groups is 1. The molecular formula is C25H18N4O7. The highest BCUT2D eigenvalue weighted by Crippen LogP contribution is 2.24. The summed E-state index contributed by atoms with van der Waals surface area (Å²) in [4.78, 5) is 60.5. The molecule has 3 aromatic rings. The topological polar surface area (TPSA) is 148 Å². The van der Waals surface area contributed by atoms with Gasteiger partial charge in [-0.1, -0.05) is 30.3 Å². The van der Waals surface area contributed by atoms with E-state index in [-0.39, 0.29) is 29.5 Å². The lowest BCUT2D eigenvalue weighted by Gasteiger charge is -2.26. The van der Waals surface area contributed by atoms with Crippen LogP contribution < -0.4 is 20.3 Å². The number of non-ortho nitro benzene ring substituents is 1. The molecule has 11 nitrogen and oxygen atoms in total. The van der Waals surface area contributed by atoms with Crippen LogP contribution in [0.3, 0.4) is 0 Å². The number of hydrogen-bond donors (Lipinski definition) is 2. The molecule has 0 aliphatic carbocycles. The van der Waals surface area contributed by atoms with Crippen molar-refractivity contribution in [2.24, 2.45) is 0 Å². The Labute approximate surface area is 204 Å². The second-order valence-corrected chi connectivity index (χ2v) is 7.50. The molecule has 0 aromatic heterocycles. The van der Waals surface area contributed by atoms with Gasteiger partial charge in [-0.15, -0.1) is 0 Å². The number of nitro groups is 1. The van der Waals surface area contributed by atoms with Gasteiger partial charge in [0.05, 0.1) is 10.6 Å². The van der Waals surface area contributed by atoms with Gasteiger partial charge >= 0.3 is 6.03 Å². The zero-order valence-electron chi connectivity index (χ0n) is 18.5. The van der Waals surface area contributed by atoms with E-state index in [1.54, 1.807) is 48.5 Å². The number of nitrogens with one attached hydrogen (secondary N) is 2. The molecule has 1 aliphatic heterocycles. The minimum absolute atomic E-state index is 0.0685. The standard InChI is InChI=1S/C25H18N4O7/c30-22(26-17-4-2-1-3-5-17)15-36-20-12-6-16(7-13-20)14-21-23(31)27-25(33)28(24(21)32)18-8-10-19(11-9-18)29(34)35/h1-14H,15H2,(H,26,30)(H,27,31,33)/b21-14+. The Bertz CT molecular complexity index is 1370. The fourth-order valence-corrected chi connectivity index (χ4v) is 3.31. The zero-order chi connectivity index (χ0) is 25.7. The number of rotatable bonds is 7. The Hall–Kier alpha value is -5.32. The molecule has 1 saturated heterocycles. The average Bonchev–Trinajstić information content (AvgIpc) is 2.87. The first-order valence-corrected chi connectivity index (χ1v) is 10.6. The Balaban J connectivity index is 1.44. The van der Waals surface area contributed by atoms with E-state index >= 15 is 0 Å². The fraction of sp³-hybridized carbons (Fsp3) is 0.0400. The van der Waals surface area contributed by atoms with Crippen molar-refractivity contribution in [3.8, 4) is 5.75 Å². The van der Waals surface area contributed by atoms with Crippen molar-refractivity contribution in [3.05, 3.63) is 100 Å². The van der Waals surface area contributed by atoms with Crippen molar-refractivity contribution in [2.45, 2.75) is 0 Å². The summed E-state index contributed by atoms with van der Waals surface area (Å²) in [6.45, 7) is -0.220. The molecular weight excluding hydrogens is 468 g/mol. The predicted octanol–water partition coefficient (Wildman–Crippen LogP) is 3.28. The summed E-state index contributed by atoms with van der Waals surface area (Å²) in [5.41, 5.74) is 0.663. The van der Waals surface area contributed by atoms with Gasteiger partial charge in [-0.3, -0.25) is 29.8 Å². The molecule has 5 amide bonds. The predicted molar refractivity (Wildman–Crippen MR) is 129 cm³/mol. The number of para-hydroxylation sites is 1. The van der Waals surface area contributed by atoms with Crippen LogP contribution in [0.4, 0.5) is 21.9 Å². The molecule has 0 unspecified atom stereocenters. The summed E-state index contributed by atoms with van der Waals surface area (Å²) in [7, 11) is 0. The van der Waals surface area contributed by atoms with Gasteiger partial charge in [0.1, 0.15) is 11.3 Å². The maximum absolute atomic E-state index is 12.9. The fourth-order valence-electron chi connectivity index (χ4n) is 3.31. The third-order valence-electron chi connectivity index (χ3n) is 5.04. The summed E-state index contributed by atoms with van der Waals surface area (Å²) < 4.78 is 5.46. The average molecular weight is 486 g/mol. The van der Waals surface area contributed by atoms with Gasteiger partial charge in [-0.2, -0.15) is 0 Å². The largest absolute Gasteiger partial charge is 0.484 e. The van der Waals surface area contributed by atoms with Crippen molar-refractivity contribution in [2.75, 3.05) is 16.8 Å². The van der Waals surface area contributed by atoms with Gasteiger partial charge in [0.2, 0.25) is 0 Å². The van der Waals surface area contributed by atoms with Gasteiger partial charge in [0.25, 0.3) is 23.4 Å². The van der Waals surface area contributed by atoms with E-state index in [2.05, 4.69) is 10.6 Å². The molecule has 3 aromatic carbocycles. The normalized spacial score (nSPS) is 14.4. The monoisotopic (exact) mass is 486 g/mol. The third-order valence-corrected chi connectivity index (χ3v) is 5.04. The smallest absolute Gasteiger partial charge is 0.335 e. The van der Waals surface area contributed by atoms with Crippen LogP contribution in [0.1, 0.15) is 5.56 Å². The highest BCUT2D eigenvalue weighted by Gasteiger charge is 2.36. The van der Waals surface area contributed by atoms with Crippen molar-refractivity contribution in [3.63, 3.8) is 0 Å². The lowest BCUT2D eigenvalue weighted by Crippen LogP contribution is -2.54. The van der Waals surface area contributed by atoms with E-state index in [1.807, 2.05) is 6.07 Å². The highest BCUT2D eigenvalue weighted by atomic mass is 16.6. The van der Waals surface area contributed by atoms with Gasteiger partial charge < -0.3 is 10.1 Å². The van der Waals surface area contributed by atoms with Crippen LogP contribution in [0, 0.1) is 10.1 Å². The lowest BCUT2D eigenvalue weighted by molar-refractivity contribution is -0.384. The number of benzene rings is 3. The molecule has 1 fully saturated rings. The molecule has 1 aliphatic rings. The number of carbonyl (C=O) groups is 4. The Morgan fingerprint density at radius 1 is 0.972 bits per heavy atom. The summed E-state index contributed by atoms with van der Waals surface area (Å²) in [5, 5.41) is 15.6. The molecule has 4 rings (SSSR count). The number of amides is 5. The summed E-state index contributed by atoms with van der Waals surface area (Å²) >= 11 is 0. The van der Waals surface area contributed by atoms with Gasteiger partial charge in [0, 0.05) is 17.8 Å². The highest BCUT2D eigenvalue weighted by molar-refractivity contribution is 6.39. The van der Waals surface area contributed by atoms with Crippen molar-refractivity contribution in [1.29, 1.82) is 0 Å². The quantitative estimate of drug-likeness (QED) is 0.225. The van der Waals surface area contributed by atoms with Crippen LogP contribution in [0.5, 0.6) is 5.75 Å². The number of nitro benzene ring substituents is 1. The van der Waals surface area contributed by atoms with Gasteiger partial charge in [0.15, 0.2) is 6.61 Å². The van der Waals surface area contributed by atoms with Crippen LogP contribution >= 0.6 is 0 Å². The first-order chi connectivity index (χ1) is 17.3. The SMILES string of the molecule is O=C(COc1ccc(/C=C2\C(=O)NC(=O)N(c3ccc([N+](=O)[O-])cc3)C2=O)cc1)Nc1ccccc1. The lowest BCUT2D eigenvalue weighted by atomic mass is 10.1. The second kappa shape index (κ2) is 10.3. The van der Waals surface area contributed by atoms with E-state index in [0.717, 1.165) is 17.0 Å². The molecule has 180 valence electrons.